The third-order valence-corrected chi connectivity index (χ3v) is 2.82. The number of ether oxygens (including phenoxy) is 1. The molecule has 15 heavy (non-hydrogen) atoms. The van der Waals surface area contributed by atoms with Gasteiger partial charge in [-0.2, -0.15) is 0 Å². The first kappa shape index (κ1) is 10.4. The number of hydrogen-bond donors (Lipinski definition) is 2. The highest BCUT2D eigenvalue weighted by Gasteiger charge is 2.29. The lowest BCUT2D eigenvalue weighted by atomic mass is 9.94. The molecule has 84 valence electrons. The quantitative estimate of drug-likeness (QED) is 0.758. The summed E-state index contributed by atoms with van der Waals surface area (Å²) in [5, 5.41) is 13.3. The van der Waals surface area contributed by atoms with Crippen molar-refractivity contribution in [2.75, 3.05) is 25.1 Å². The van der Waals surface area contributed by atoms with Crippen molar-refractivity contribution in [3.05, 3.63) is 12.4 Å². The van der Waals surface area contributed by atoms with Crippen molar-refractivity contribution in [2.24, 2.45) is 7.05 Å². The molecule has 0 unspecified atom stereocenters. The molecule has 5 heteroatoms. The fraction of sp³-hybridized carbons (Fsp3) is 0.700. The number of rotatable bonds is 3. The highest BCUT2D eigenvalue weighted by atomic mass is 16.5. The summed E-state index contributed by atoms with van der Waals surface area (Å²) in [7, 11) is 1.92. The summed E-state index contributed by atoms with van der Waals surface area (Å²) in [6.07, 6.45) is 4.97. The predicted octanol–water partition coefficient (Wildman–Crippen LogP) is 0.373. The van der Waals surface area contributed by atoms with Crippen LogP contribution in [0, 0.1) is 0 Å². The summed E-state index contributed by atoms with van der Waals surface area (Å²) in [5.74, 6) is 0.787. The van der Waals surface area contributed by atoms with Gasteiger partial charge in [-0.25, -0.2) is 4.98 Å². The molecule has 0 amide bonds. The van der Waals surface area contributed by atoms with Gasteiger partial charge in [-0.3, -0.25) is 0 Å². The normalized spacial score (nSPS) is 20.1. The number of imidazole rings is 1. The molecule has 0 saturated carbocycles. The largest absolute Gasteiger partial charge is 0.388 e. The van der Waals surface area contributed by atoms with Crippen LogP contribution in [0.25, 0.3) is 0 Å². The van der Waals surface area contributed by atoms with Crippen molar-refractivity contribution in [3.63, 3.8) is 0 Å². The topological polar surface area (TPSA) is 59.3 Å². The molecule has 1 aromatic rings. The van der Waals surface area contributed by atoms with E-state index >= 15 is 0 Å². The molecule has 1 aliphatic heterocycles. The Morgan fingerprint density at radius 1 is 1.60 bits per heavy atom. The fourth-order valence-corrected chi connectivity index (χ4v) is 1.71. The van der Waals surface area contributed by atoms with E-state index < -0.39 is 5.60 Å². The minimum atomic E-state index is -0.649. The summed E-state index contributed by atoms with van der Waals surface area (Å²) in [5.41, 5.74) is -0.649. The number of anilines is 1. The Bertz CT molecular complexity index is 318. The average Bonchev–Trinajstić information content (AvgIpc) is 2.62. The Morgan fingerprint density at radius 3 is 2.93 bits per heavy atom. The summed E-state index contributed by atoms with van der Waals surface area (Å²) in [4.78, 5) is 4.14. The lowest BCUT2D eigenvalue weighted by Crippen LogP contribution is -2.42. The SMILES string of the molecule is Cn1ccnc1NCC1(O)CCOCC1. The van der Waals surface area contributed by atoms with E-state index in [0.29, 0.717) is 32.6 Å². The summed E-state index contributed by atoms with van der Waals surface area (Å²) in [6, 6.07) is 0. The van der Waals surface area contributed by atoms with Crippen molar-refractivity contribution >= 4 is 5.95 Å². The van der Waals surface area contributed by atoms with Gasteiger partial charge in [0.1, 0.15) is 0 Å². The smallest absolute Gasteiger partial charge is 0.202 e. The number of hydrogen-bond acceptors (Lipinski definition) is 4. The number of aryl methyl sites for hydroxylation is 1. The maximum absolute atomic E-state index is 10.2. The van der Waals surface area contributed by atoms with Crippen LogP contribution in [-0.4, -0.2) is 40.0 Å². The standard InChI is InChI=1S/C10H17N3O2/c1-13-5-4-11-9(13)12-8-10(14)2-6-15-7-3-10/h4-5,14H,2-3,6-8H2,1H3,(H,11,12). The van der Waals surface area contributed by atoms with Crippen molar-refractivity contribution in [2.45, 2.75) is 18.4 Å². The van der Waals surface area contributed by atoms with Crippen molar-refractivity contribution in [3.8, 4) is 0 Å². The molecule has 2 heterocycles. The highest BCUT2D eigenvalue weighted by Crippen LogP contribution is 2.20. The number of aromatic nitrogens is 2. The predicted molar refractivity (Wildman–Crippen MR) is 56.7 cm³/mol. The molecule has 1 fully saturated rings. The maximum Gasteiger partial charge on any atom is 0.202 e. The molecular formula is C10H17N3O2. The zero-order valence-corrected chi connectivity index (χ0v) is 8.94. The van der Waals surface area contributed by atoms with Gasteiger partial charge in [-0.1, -0.05) is 0 Å². The van der Waals surface area contributed by atoms with E-state index in [9.17, 15) is 5.11 Å². The Labute approximate surface area is 89.1 Å². The van der Waals surface area contributed by atoms with Gasteiger partial charge in [0.25, 0.3) is 0 Å². The third-order valence-electron chi connectivity index (χ3n) is 2.82. The molecule has 2 N–H and O–H groups in total. The minimum absolute atomic E-state index is 0.529. The van der Waals surface area contributed by atoms with Crippen LogP contribution >= 0.6 is 0 Å². The second-order valence-corrected chi connectivity index (χ2v) is 4.05. The highest BCUT2D eigenvalue weighted by molar-refractivity contribution is 5.26. The van der Waals surface area contributed by atoms with Gasteiger partial charge < -0.3 is 19.7 Å². The molecule has 5 nitrogen and oxygen atoms in total. The molecule has 0 spiro atoms. The van der Waals surface area contributed by atoms with Crippen LogP contribution in [0.4, 0.5) is 5.95 Å². The van der Waals surface area contributed by atoms with Crippen LogP contribution in [-0.2, 0) is 11.8 Å². The first-order valence-corrected chi connectivity index (χ1v) is 5.21. The van der Waals surface area contributed by atoms with Gasteiger partial charge in [-0.05, 0) is 0 Å². The molecule has 0 radical (unpaired) electrons. The molecule has 0 atom stereocenters. The average molecular weight is 211 g/mol. The maximum atomic E-state index is 10.2. The van der Waals surface area contributed by atoms with Crippen LogP contribution in [0.5, 0.6) is 0 Å². The van der Waals surface area contributed by atoms with Crippen molar-refractivity contribution in [1.29, 1.82) is 0 Å². The number of nitrogens with one attached hydrogen (secondary N) is 1. The molecular weight excluding hydrogens is 194 g/mol. The minimum Gasteiger partial charge on any atom is -0.388 e. The van der Waals surface area contributed by atoms with Gasteiger partial charge in [0, 0.05) is 52.0 Å². The molecule has 0 aromatic carbocycles. The van der Waals surface area contributed by atoms with Crippen molar-refractivity contribution in [1.82, 2.24) is 9.55 Å². The molecule has 0 aliphatic carbocycles. The lowest BCUT2D eigenvalue weighted by molar-refractivity contribution is -0.0544. The Hall–Kier alpha value is -1.07. The van der Waals surface area contributed by atoms with E-state index in [0.717, 1.165) is 5.95 Å². The van der Waals surface area contributed by atoms with Gasteiger partial charge in [0.15, 0.2) is 0 Å². The lowest BCUT2D eigenvalue weighted by Gasteiger charge is -2.32. The molecule has 1 aromatic heterocycles. The summed E-state index contributed by atoms with van der Waals surface area (Å²) < 4.78 is 7.11. The van der Waals surface area contributed by atoms with Gasteiger partial charge in [0.2, 0.25) is 5.95 Å². The third kappa shape index (κ3) is 2.49. The monoisotopic (exact) mass is 211 g/mol. The number of aliphatic hydroxyl groups is 1. The van der Waals surface area contributed by atoms with E-state index in [1.54, 1.807) is 6.20 Å². The Balaban J connectivity index is 1.89. The fourth-order valence-electron chi connectivity index (χ4n) is 1.71. The van der Waals surface area contributed by atoms with Crippen LogP contribution in [0.1, 0.15) is 12.8 Å². The zero-order chi connectivity index (χ0) is 10.7. The summed E-state index contributed by atoms with van der Waals surface area (Å²) in [6.45, 7) is 1.80. The van der Waals surface area contributed by atoms with Gasteiger partial charge in [-0.15, -0.1) is 0 Å². The van der Waals surface area contributed by atoms with Crippen LogP contribution in [0.3, 0.4) is 0 Å². The Kier molecular flexibility index (Phi) is 2.93. The molecule has 0 bridgehead atoms. The molecule has 1 saturated heterocycles. The van der Waals surface area contributed by atoms with Crippen molar-refractivity contribution < 1.29 is 9.84 Å². The summed E-state index contributed by atoms with van der Waals surface area (Å²) >= 11 is 0. The van der Waals surface area contributed by atoms with Crippen LogP contribution < -0.4 is 5.32 Å². The Morgan fingerprint density at radius 2 is 2.33 bits per heavy atom. The zero-order valence-electron chi connectivity index (χ0n) is 8.94. The van der Waals surface area contributed by atoms with E-state index in [-0.39, 0.29) is 0 Å². The second kappa shape index (κ2) is 4.20. The van der Waals surface area contributed by atoms with Crippen LogP contribution in [0.2, 0.25) is 0 Å². The van der Waals surface area contributed by atoms with E-state index in [2.05, 4.69) is 10.3 Å². The molecule has 1 aliphatic rings. The number of nitrogens with zero attached hydrogens (tertiary/aromatic N) is 2. The van der Waals surface area contributed by atoms with E-state index in [1.165, 1.54) is 0 Å². The molecule has 2 rings (SSSR count). The first-order chi connectivity index (χ1) is 7.20. The van der Waals surface area contributed by atoms with Gasteiger partial charge in [0.05, 0.1) is 5.60 Å². The van der Waals surface area contributed by atoms with E-state index in [1.807, 2.05) is 17.8 Å². The van der Waals surface area contributed by atoms with Crippen LogP contribution in [0.15, 0.2) is 12.4 Å². The first-order valence-electron chi connectivity index (χ1n) is 5.21. The van der Waals surface area contributed by atoms with E-state index in [4.69, 9.17) is 4.74 Å². The second-order valence-electron chi connectivity index (χ2n) is 4.05. The van der Waals surface area contributed by atoms with Gasteiger partial charge >= 0.3 is 0 Å².